The number of amides is 1. The third-order valence-corrected chi connectivity index (χ3v) is 6.71. The summed E-state index contributed by atoms with van der Waals surface area (Å²) in [5.74, 6) is -0.692. The first kappa shape index (κ1) is 25.5. The highest BCUT2D eigenvalue weighted by Crippen LogP contribution is 2.21. The monoisotopic (exact) mass is 521 g/mol. The lowest BCUT2D eigenvalue weighted by molar-refractivity contribution is -0.139. The van der Waals surface area contributed by atoms with Gasteiger partial charge in [-0.15, -0.1) is 0 Å². The first-order valence-corrected chi connectivity index (χ1v) is 12.7. The summed E-state index contributed by atoms with van der Waals surface area (Å²) in [5.41, 5.74) is 2.21. The Balaban J connectivity index is 1.65. The Hall–Kier alpha value is -3.62. The Morgan fingerprint density at radius 1 is 1.06 bits per heavy atom. The van der Waals surface area contributed by atoms with E-state index in [0.29, 0.717) is 33.2 Å². The Bertz CT molecular complexity index is 1460. The third kappa shape index (κ3) is 6.13. The molecule has 1 amide bonds. The van der Waals surface area contributed by atoms with Crippen molar-refractivity contribution in [1.29, 1.82) is 0 Å². The van der Waals surface area contributed by atoms with Crippen molar-refractivity contribution in [2.24, 2.45) is 0 Å². The summed E-state index contributed by atoms with van der Waals surface area (Å²) in [5, 5.41) is 4.17. The molecule has 184 valence electrons. The van der Waals surface area contributed by atoms with Crippen molar-refractivity contribution in [2.75, 3.05) is 12.4 Å². The van der Waals surface area contributed by atoms with Crippen LogP contribution in [0.3, 0.4) is 0 Å². The zero-order valence-electron chi connectivity index (χ0n) is 19.6. The number of aromatic nitrogens is 2. The van der Waals surface area contributed by atoms with E-state index in [-0.39, 0.29) is 30.4 Å². The van der Waals surface area contributed by atoms with Crippen LogP contribution in [-0.4, -0.2) is 33.8 Å². The average Bonchev–Trinajstić information content (AvgIpc) is 2.89. The van der Waals surface area contributed by atoms with Gasteiger partial charge >= 0.3 is 5.97 Å². The molecule has 9 heteroatoms. The van der Waals surface area contributed by atoms with Crippen LogP contribution in [0.5, 0.6) is 0 Å². The van der Waals surface area contributed by atoms with Gasteiger partial charge in [0.25, 0.3) is 11.5 Å². The first-order chi connectivity index (χ1) is 17.5. The Kier molecular flexibility index (Phi) is 8.40. The fraction of sp³-hybridized carbons (Fsp3) is 0.185. The number of rotatable bonds is 9. The summed E-state index contributed by atoms with van der Waals surface area (Å²) in [6.45, 7) is 2.58. The predicted molar refractivity (Wildman–Crippen MR) is 142 cm³/mol. The number of nitrogens with one attached hydrogen (secondary N) is 1. The number of esters is 1. The van der Waals surface area contributed by atoms with Gasteiger partial charge in [-0.2, -0.15) is 0 Å². The topological polar surface area (TPSA) is 90.3 Å². The molecule has 0 saturated carbocycles. The van der Waals surface area contributed by atoms with Crippen LogP contribution in [0.25, 0.3) is 10.9 Å². The van der Waals surface area contributed by atoms with Crippen LogP contribution in [0.1, 0.15) is 28.4 Å². The molecule has 1 N–H and O–H groups in total. The SMILES string of the molecule is CCOC(=O)CSc1nc2cc(C(=O)NCc3ccccc3Cl)ccc2c(=O)n1Cc1ccccc1. The molecule has 0 unspecified atom stereocenters. The summed E-state index contributed by atoms with van der Waals surface area (Å²) < 4.78 is 6.56. The lowest BCUT2D eigenvalue weighted by atomic mass is 10.1. The molecular weight excluding hydrogens is 498 g/mol. The summed E-state index contributed by atoms with van der Waals surface area (Å²) in [7, 11) is 0. The zero-order valence-corrected chi connectivity index (χ0v) is 21.1. The Morgan fingerprint density at radius 2 is 1.81 bits per heavy atom. The van der Waals surface area contributed by atoms with E-state index in [1.165, 1.54) is 0 Å². The number of ether oxygens (including phenoxy) is 1. The molecule has 0 radical (unpaired) electrons. The largest absolute Gasteiger partial charge is 0.465 e. The number of benzene rings is 3. The van der Waals surface area contributed by atoms with Crippen molar-refractivity contribution in [1.82, 2.24) is 14.9 Å². The fourth-order valence-corrected chi connectivity index (χ4v) is 4.60. The lowest BCUT2D eigenvalue weighted by Crippen LogP contribution is -2.25. The van der Waals surface area contributed by atoms with Crippen molar-refractivity contribution in [3.05, 3.63) is 105 Å². The minimum atomic E-state index is -0.393. The summed E-state index contributed by atoms with van der Waals surface area (Å²) in [6, 6.07) is 21.6. The number of nitrogens with zero attached hydrogens (tertiary/aromatic N) is 2. The molecule has 0 fully saturated rings. The number of halogens is 1. The fourth-order valence-electron chi connectivity index (χ4n) is 3.60. The zero-order chi connectivity index (χ0) is 25.5. The maximum atomic E-state index is 13.4. The molecule has 0 spiro atoms. The number of thioether (sulfide) groups is 1. The molecular formula is C27H24ClN3O4S. The maximum absolute atomic E-state index is 13.4. The number of hydrogen-bond acceptors (Lipinski definition) is 6. The molecule has 3 aromatic carbocycles. The highest BCUT2D eigenvalue weighted by molar-refractivity contribution is 7.99. The van der Waals surface area contributed by atoms with Gasteiger partial charge in [0.05, 0.1) is 29.8 Å². The van der Waals surface area contributed by atoms with Gasteiger partial charge in [0, 0.05) is 17.1 Å². The lowest BCUT2D eigenvalue weighted by Gasteiger charge is -2.14. The van der Waals surface area contributed by atoms with E-state index in [1.54, 1.807) is 35.8 Å². The normalized spacial score (nSPS) is 10.8. The smallest absolute Gasteiger partial charge is 0.316 e. The molecule has 0 bridgehead atoms. The van der Waals surface area contributed by atoms with Gasteiger partial charge in [-0.3, -0.25) is 19.0 Å². The van der Waals surface area contributed by atoms with Crippen LogP contribution < -0.4 is 10.9 Å². The van der Waals surface area contributed by atoms with E-state index in [4.69, 9.17) is 16.3 Å². The average molecular weight is 522 g/mol. The summed E-state index contributed by atoms with van der Waals surface area (Å²) in [4.78, 5) is 42.9. The second-order valence-corrected chi connectivity index (χ2v) is 9.22. The van der Waals surface area contributed by atoms with Crippen LogP contribution in [-0.2, 0) is 22.6 Å². The van der Waals surface area contributed by atoms with E-state index in [0.717, 1.165) is 22.9 Å². The van der Waals surface area contributed by atoms with Gasteiger partial charge < -0.3 is 10.1 Å². The highest BCUT2D eigenvalue weighted by Gasteiger charge is 2.16. The van der Waals surface area contributed by atoms with E-state index in [9.17, 15) is 14.4 Å². The van der Waals surface area contributed by atoms with Gasteiger partial charge in [-0.05, 0) is 42.3 Å². The van der Waals surface area contributed by atoms with Crippen molar-refractivity contribution < 1.29 is 14.3 Å². The summed E-state index contributed by atoms with van der Waals surface area (Å²) in [6.07, 6.45) is 0. The molecule has 0 aliphatic carbocycles. The molecule has 0 saturated heterocycles. The molecule has 0 aliphatic rings. The van der Waals surface area contributed by atoms with Crippen LogP contribution in [0.4, 0.5) is 0 Å². The first-order valence-electron chi connectivity index (χ1n) is 11.3. The number of hydrogen-bond donors (Lipinski definition) is 1. The maximum Gasteiger partial charge on any atom is 0.316 e. The van der Waals surface area contributed by atoms with Crippen LogP contribution in [0.15, 0.2) is 82.7 Å². The van der Waals surface area contributed by atoms with E-state index < -0.39 is 5.97 Å². The molecule has 1 aromatic heterocycles. The minimum Gasteiger partial charge on any atom is -0.465 e. The molecule has 4 aromatic rings. The summed E-state index contributed by atoms with van der Waals surface area (Å²) >= 11 is 7.31. The molecule has 0 atom stereocenters. The van der Waals surface area contributed by atoms with Gasteiger partial charge in [0.15, 0.2) is 5.16 Å². The quantitative estimate of drug-likeness (QED) is 0.195. The molecule has 7 nitrogen and oxygen atoms in total. The molecule has 4 rings (SSSR count). The third-order valence-electron chi connectivity index (χ3n) is 5.39. The number of fused-ring (bicyclic) bond motifs is 1. The Morgan fingerprint density at radius 3 is 2.56 bits per heavy atom. The van der Waals surface area contributed by atoms with Crippen LogP contribution >= 0.6 is 23.4 Å². The van der Waals surface area contributed by atoms with Gasteiger partial charge in [0.2, 0.25) is 0 Å². The second kappa shape index (κ2) is 11.9. The van der Waals surface area contributed by atoms with E-state index >= 15 is 0 Å². The second-order valence-electron chi connectivity index (χ2n) is 7.87. The minimum absolute atomic E-state index is 0.0125. The highest BCUT2D eigenvalue weighted by atomic mass is 35.5. The molecule has 36 heavy (non-hydrogen) atoms. The van der Waals surface area contributed by atoms with Crippen molar-refractivity contribution in [2.45, 2.75) is 25.2 Å². The van der Waals surface area contributed by atoms with Crippen LogP contribution in [0, 0.1) is 0 Å². The van der Waals surface area contributed by atoms with Crippen molar-refractivity contribution in [3.8, 4) is 0 Å². The molecule has 0 aliphatic heterocycles. The van der Waals surface area contributed by atoms with E-state index in [2.05, 4.69) is 10.3 Å². The van der Waals surface area contributed by atoms with Gasteiger partial charge in [0.1, 0.15) is 0 Å². The Labute approximate surface area is 217 Å². The van der Waals surface area contributed by atoms with Gasteiger partial charge in [-0.25, -0.2) is 4.98 Å². The molecule has 1 heterocycles. The van der Waals surface area contributed by atoms with Crippen molar-refractivity contribution in [3.63, 3.8) is 0 Å². The van der Waals surface area contributed by atoms with Crippen molar-refractivity contribution >= 4 is 46.1 Å². The van der Waals surface area contributed by atoms with Gasteiger partial charge in [-0.1, -0.05) is 71.9 Å². The van der Waals surface area contributed by atoms with Crippen LogP contribution in [0.2, 0.25) is 5.02 Å². The predicted octanol–water partition coefficient (Wildman–Crippen LogP) is 4.68. The number of carbonyl (C=O) groups is 2. The standard InChI is InChI=1S/C27H24ClN3O4S/c1-2-35-24(32)17-36-27-30-23-14-19(25(33)29-15-20-10-6-7-11-22(20)28)12-13-21(23)26(34)31(27)16-18-8-4-3-5-9-18/h3-14H,2,15-17H2,1H3,(H,29,33). The van der Waals surface area contributed by atoms with E-state index in [1.807, 2.05) is 48.5 Å². The number of carbonyl (C=O) groups excluding carboxylic acids is 2.